The Morgan fingerprint density at radius 3 is 1.94 bits per heavy atom. The Morgan fingerprint density at radius 1 is 0.723 bits per heavy atom. The normalized spacial score (nSPS) is 11.6. The molecule has 0 saturated carbocycles. The van der Waals surface area contributed by atoms with Gasteiger partial charge in [-0.05, 0) is 66.2 Å². The number of hydrogen-bond acceptors (Lipinski definition) is 6. The number of benzene rings is 5. The van der Waals surface area contributed by atoms with E-state index in [2.05, 4.69) is 16.0 Å². The third kappa shape index (κ3) is 8.77. The number of hydrogen-bond donors (Lipinski definition) is 3. The Kier molecular flexibility index (Phi) is 10.5. The second kappa shape index (κ2) is 15.3. The summed E-state index contributed by atoms with van der Waals surface area (Å²) in [5, 5.41) is 18.5. The van der Waals surface area contributed by atoms with Crippen molar-refractivity contribution < 1.29 is 23.7 Å². The van der Waals surface area contributed by atoms with E-state index in [9.17, 15) is 28.9 Å². The third-order valence-corrected chi connectivity index (χ3v) is 8.05. The minimum Gasteiger partial charge on any atom is -0.325 e. The molecular weight excluding hydrogens is 619 g/mol. The summed E-state index contributed by atoms with van der Waals surface area (Å²) >= 11 is 1.28. The molecule has 3 N–H and O–H groups in total. The Balaban J connectivity index is 1.32. The van der Waals surface area contributed by atoms with Crippen molar-refractivity contribution in [3.63, 3.8) is 0 Å². The maximum Gasteiger partial charge on any atom is 0.272 e. The maximum atomic E-state index is 14.5. The van der Waals surface area contributed by atoms with Crippen LogP contribution in [-0.4, -0.2) is 22.6 Å². The monoisotopic (exact) mass is 646 g/mol. The highest BCUT2D eigenvalue weighted by Crippen LogP contribution is 2.37. The van der Waals surface area contributed by atoms with Gasteiger partial charge in [0, 0.05) is 39.5 Å². The topological polar surface area (TPSA) is 130 Å². The molecule has 0 radical (unpaired) electrons. The van der Waals surface area contributed by atoms with Gasteiger partial charge in [0.05, 0.1) is 4.92 Å². The van der Waals surface area contributed by atoms with Crippen LogP contribution in [0.1, 0.15) is 26.7 Å². The predicted octanol–water partition coefficient (Wildman–Crippen LogP) is 7.62. The van der Waals surface area contributed by atoms with Crippen LogP contribution in [0.4, 0.5) is 21.5 Å². The van der Waals surface area contributed by atoms with E-state index in [-0.39, 0.29) is 22.9 Å². The highest BCUT2D eigenvalue weighted by atomic mass is 32.2. The summed E-state index contributed by atoms with van der Waals surface area (Å²) in [5.41, 5.74) is 1.76. The Bertz CT molecular complexity index is 1920. The SMILES string of the molecule is O=C(Nc1ccc(SC(C(=O)Nc2ccc([N+](=O)[O-])cc2)c2ccccc2)cc1)/C(=C/c1ccccc1F)NC(=O)c1ccccc1. The molecule has 0 heterocycles. The molecule has 47 heavy (non-hydrogen) atoms. The Morgan fingerprint density at radius 2 is 1.30 bits per heavy atom. The number of carbonyl (C=O) groups excluding carboxylic acids is 3. The minimum atomic E-state index is -0.671. The van der Waals surface area contributed by atoms with Crippen molar-refractivity contribution in [3.8, 4) is 0 Å². The first-order chi connectivity index (χ1) is 22.8. The number of anilines is 2. The number of nitrogens with one attached hydrogen (secondary N) is 3. The first kappa shape index (κ1) is 32.3. The molecule has 0 aromatic heterocycles. The lowest BCUT2D eigenvalue weighted by Gasteiger charge is -2.17. The van der Waals surface area contributed by atoms with Crippen molar-refractivity contribution >= 4 is 52.6 Å². The number of thioether (sulfide) groups is 1. The Hall–Kier alpha value is -6.07. The molecule has 11 heteroatoms. The van der Waals surface area contributed by atoms with E-state index in [1.807, 2.05) is 30.3 Å². The van der Waals surface area contributed by atoms with Crippen LogP contribution in [0.15, 0.2) is 144 Å². The van der Waals surface area contributed by atoms with Crippen LogP contribution in [0.25, 0.3) is 6.08 Å². The number of nitro benzene ring substituents is 1. The van der Waals surface area contributed by atoms with Crippen LogP contribution >= 0.6 is 11.8 Å². The highest BCUT2D eigenvalue weighted by Gasteiger charge is 2.23. The van der Waals surface area contributed by atoms with E-state index in [1.54, 1.807) is 60.7 Å². The summed E-state index contributed by atoms with van der Waals surface area (Å²) in [6.45, 7) is 0. The maximum absolute atomic E-state index is 14.5. The molecule has 0 aliphatic carbocycles. The average molecular weight is 647 g/mol. The molecule has 5 aromatic carbocycles. The molecule has 0 spiro atoms. The number of nitrogens with zero attached hydrogens (tertiary/aromatic N) is 1. The van der Waals surface area contributed by atoms with Gasteiger partial charge in [-0.2, -0.15) is 0 Å². The van der Waals surface area contributed by atoms with Gasteiger partial charge in [0.15, 0.2) is 0 Å². The van der Waals surface area contributed by atoms with E-state index in [1.165, 1.54) is 60.3 Å². The van der Waals surface area contributed by atoms with E-state index >= 15 is 0 Å². The summed E-state index contributed by atoms with van der Waals surface area (Å²) in [6, 6.07) is 35.7. The summed E-state index contributed by atoms with van der Waals surface area (Å²) in [6.07, 6.45) is 1.27. The highest BCUT2D eigenvalue weighted by molar-refractivity contribution is 8.00. The van der Waals surface area contributed by atoms with E-state index in [0.717, 1.165) is 10.5 Å². The smallest absolute Gasteiger partial charge is 0.272 e. The van der Waals surface area contributed by atoms with E-state index in [0.29, 0.717) is 16.9 Å². The summed E-state index contributed by atoms with van der Waals surface area (Å²) in [4.78, 5) is 50.8. The van der Waals surface area contributed by atoms with Crippen LogP contribution in [0, 0.1) is 15.9 Å². The molecule has 0 fully saturated rings. The molecule has 0 bridgehead atoms. The average Bonchev–Trinajstić information content (AvgIpc) is 3.09. The lowest BCUT2D eigenvalue weighted by Crippen LogP contribution is -2.30. The fourth-order valence-electron chi connectivity index (χ4n) is 4.42. The first-order valence-electron chi connectivity index (χ1n) is 14.3. The fourth-order valence-corrected chi connectivity index (χ4v) is 5.44. The van der Waals surface area contributed by atoms with Crippen LogP contribution in [0.3, 0.4) is 0 Å². The van der Waals surface area contributed by atoms with Crippen LogP contribution in [0.2, 0.25) is 0 Å². The van der Waals surface area contributed by atoms with E-state index in [4.69, 9.17) is 0 Å². The van der Waals surface area contributed by atoms with Gasteiger partial charge in [-0.25, -0.2) is 4.39 Å². The molecular formula is C36H27FN4O5S. The molecule has 0 aliphatic heterocycles. The largest absolute Gasteiger partial charge is 0.325 e. The van der Waals surface area contributed by atoms with Gasteiger partial charge in [-0.3, -0.25) is 24.5 Å². The van der Waals surface area contributed by atoms with Gasteiger partial charge < -0.3 is 16.0 Å². The second-order valence-corrected chi connectivity index (χ2v) is 11.3. The summed E-state index contributed by atoms with van der Waals surface area (Å²) < 4.78 is 14.5. The number of nitro groups is 1. The zero-order chi connectivity index (χ0) is 33.2. The molecule has 0 saturated heterocycles. The van der Waals surface area contributed by atoms with Crippen LogP contribution < -0.4 is 16.0 Å². The van der Waals surface area contributed by atoms with Crippen LogP contribution in [0.5, 0.6) is 0 Å². The quantitative estimate of drug-likeness (QED) is 0.0586. The Labute approximate surface area is 273 Å². The molecule has 3 amide bonds. The minimum absolute atomic E-state index is 0.0856. The number of halogens is 1. The first-order valence-corrected chi connectivity index (χ1v) is 15.2. The summed E-state index contributed by atoms with van der Waals surface area (Å²) in [5.74, 6) is -2.08. The summed E-state index contributed by atoms with van der Waals surface area (Å²) in [7, 11) is 0. The van der Waals surface area contributed by atoms with Crippen molar-refractivity contribution in [2.24, 2.45) is 0 Å². The number of rotatable bonds is 11. The zero-order valence-electron chi connectivity index (χ0n) is 24.6. The van der Waals surface area contributed by atoms with Gasteiger partial charge in [0.25, 0.3) is 17.5 Å². The lowest BCUT2D eigenvalue weighted by atomic mass is 10.1. The molecule has 9 nitrogen and oxygen atoms in total. The van der Waals surface area contributed by atoms with Gasteiger partial charge >= 0.3 is 0 Å². The molecule has 0 aliphatic rings. The predicted molar refractivity (Wildman–Crippen MR) is 180 cm³/mol. The molecule has 1 atom stereocenters. The second-order valence-electron chi connectivity index (χ2n) is 10.1. The van der Waals surface area contributed by atoms with Crippen molar-refractivity contribution in [3.05, 3.63) is 172 Å². The molecule has 5 aromatic rings. The van der Waals surface area contributed by atoms with Gasteiger partial charge in [-0.1, -0.05) is 66.7 Å². The molecule has 234 valence electrons. The van der Waals surface area contributed by atoms with Crippen molar-refractivity contribution in [2.45, 2.75) is 10.1 Å². The van der Waals surface area contributed by atoms with Crippen molar-refractivity contribution in [1.82, 2.24) is 5.32 Å². The van der Waals surface area contributed by atoms with Gasteiger partial charge in [0.2, 0.25) is 5.91 Å². The fraction of sp³-hybridized carbons (Fsp3) is 0.0278. The van der Waals surface area contributed by atoms with Crippen molar-refractivity contribution in [2.75, 3.05) is 10.6 Å². The number of non-ortho nitro benzene ring substituents is 1. The van der Waals surface area contributed by atoms with Gasteiger partial charge in [-0.15, -0.1) is 11.8 Å². The zero-order valence-corrected chi connectivity index (χ0v) is 25.4. The standard InChI is InChI=1S/C36H27FN4O5S/c37-31-14-8-7-13-26(31)23-32(40-34(42)25-11-5-2-6-12-25)35(43)38-28-17-21-30(22-18-28)47-33(24-9-3-1-4-10-24)36(44)39-27-15-19-29(20-16-27)41(45)46/h1-23,33H,(H,38,43)(H,39,44)(H,40,42)/b32-23-. The third-order valence-electron chi connectivity index (χ3n) is 6.79. The number of carbonyl (C=O) groups is 3. The van der Waals surface area contributed by atoms with Gasteiger partial charge in [0.1, 0.15) is 16.8 Å². The molecule has 5 rings (SSSR count). The molecule has 1 unspecified atom stereocenters. The van der Waals surface area contributed by atoms with Crippen molar-refractivity contribution in [1.29, 1.82) is 0 Å². The number of amides is 3. The van der Waals surface area contributed by atoms with E-state index < -0.39 is 27.8 Å². The lowest BCUT2D eigenvalue weighted by molar-refractivity contribution is -0.384. The van der Waals surface area contributed by atoms with Crippen LogP contribution in [-0.2, 0) is 9.59 Å².